The number of unbranched alkanes of at least 4 members (excludes halogenated alkanes) is 1. The fraction of sp³-hybridized carbons (Fsp3) is 0.381. The fourth-order valence-corrected chi connectivity index (χ4v) is 2.51. The van der Waals surface area contributed by atoms with Gasteiger partial charge in [-0.05, 0) is 50.6 Å². The zero-order valence-corrected chi connectivity index (χ0v) is 17.5. The van der Waals surface area contributed by atoms with Gasteiger partial charge in [-0.25, -0.2) is 9.78 Å². The van der Waals surface area contributed by atoms with Crippen molar-refractivity contribution in [1.82, 2.24) is 4.98 Å². The van der Waals surface area contributed by atoms with Gasteiger partial charge in [0.25, 0.3) is 5.91 Å². The molecule has 0 aliphatic rings. The van der Waals surface area contributed by atoms with Crippen LogP contribution >= 0.6 is 11.6 Å². The number of amides is 1. The zero-order valence-electron chi connectivity index (χ0n) is 16.7. The van der Waals surface area contributed by atoms with Crippen molar-refractivity contribution in [3.05, 3.63) is 47.2 Å². The summed E-state index contributed by atoms with van der Waals surface area (Å²) in [7, 11) is 0. The van der Waals surface area contributed by atoms with Crippen molar-refractivity contribution in [2.75, 3.05) is 18.5 Å². The van der Waals surface area contributed by atoms with E-state index in [2.05, 4.69) is 17.2 Å². The minimum atomic E-state index is -1.03. The highest BCUT2D eigenvalue weighted by Gasteiger charge is 2.21. The van der Waals surface area contributed by atoms with Crippen LogP contribution in [0.15, 0.2) is 36.5 Å². The highest BCUT2D eigenvalue weighted by molar-refractivity contribution is 6.32. The first kappa shape index (κ1) is 22.5. The molecule has 0 saturated carbocycles. The normalized spacial score (nSPS) is 11.4. The number of rotatable bonds is 10. The maximum atomic E-state index is 12.5. The van der Waals surface area contributed by atoms with E-state index in [9.17, 15) is 9.59 Å². The Balaban J connectivity index is 2.03. The number of esters is 1. The van der Waals surface area contributed by atoms with Gasteiger partial charge < -0.3 is 19.5 Å². The average Bonchev–Trinajstić information content (AvgIpc) is 2.71. The van der Waals surface area contributed by atoms with E-state index >= 15 is 0 Å². The van der Waals surface area contributed by atoms with Crippen molar-refractivity contribution < 1.29 is 23.8 Å². The molecule has 1 atom stereocenters. The Bertz CT molecular complexity index is 844. The second-order valence-corrected chi connectivity index (χ2v) is 6.53. The Morgan fingerprint density at radius 3 is 2.66 bits per heavy atom. The lowest BCUT2D eigenvalue weighted by molar-refractivity contribution is -0.123. The van der Waals surface area contributed by atoms with Crippen molar-refractivity contribution in [2.24, 2.45) is 0 Å². The Labute approximate surface area is 175 Å². The highest BCUT2D eigenvalue weighted by Crippen LogP contribution is 2.29. The number of hydrogen-bond acceptors (Lipinski definition) is 6. The van der Waals surface area contributed by atoms with Crippen LogP contribution in [0.3, 0.4) is 0 Å². The second-order valence-electron chi connectivity index (χ2n) is 6.18. The summed E-state index contributed by atoms with van der Waals surface area (Å²) in [6.45, 7) is 6.38. The third-order valence-corrected chi connectivity index (χ3v) is 4.21. The number of pyridine rings is 1. The van der Waals surface area contributed by atoms with Gasteiger partial charge in [0.05, 0.1) is 24.5 Å². The molecule has 0 bridgehead atoms. The van der Waals surface area contributed by atoms with Crippen molar-refractivity contribution in [3.63, 3.8) is 0 Å². The summed E-state index contributed by atoms with van der Waals surface area (Å²) < 4.78 is 16.5. The SMILES string of the molecule is CCCCOc1ccc(C(=O)O[C@H](C)C(=O)Nc2cccnc2Cl)cc1OCC. The van der Waals surface area contributed by atoms with Crippen LogP contribution in [-0.2, 0) is 9.53 Å². The zero-order chi connectivity index (χ0) is 21.2. The van der Waals surface area contributed by atoms with Gasteiger partial charge in [-0.2, -0.15) is 0 Å². The van der Waals surface area contributed by atoms with Crippen LogP contribution in [-0.4, -0.2) is 36.2 Å². The van der Waals surface area contributed by atoms with Crippen molar-refractivity contribution in [1.29, 1.82) is 0 Å². The van der Waals surface area contributed by atoms with Crippen LogP contribution in [0.1, 0.15) is 44.0 Å². The first-order valence-corrected chi connectivity index (χ1v) is 9.86. The first-order chi connectivity index (χ1) is 14.0. The van der Waals surface area contributed by atoms with Crippen molar-refractivity contribution in [3.8, 4) is 11.5 Å². The van der Waals surface area contributed by atoms with Gasteiger partial charge in [0.1, 0.15) is 0 Å². The number of halogens is 1. The third kappa shape index (κ3) is 6.64. The largest absolute Gasteiger partial charge is 0.490 e. The Hall–Kier alpha value is -2.80. The van der Waals surface area contributed by atoms with E-state index in [1.807, 2.05) is 6.92 Å². The number of aromatic nitrogens is 1. The summed E-state index contributed by atoms with van der Waals surface area (Å²) in [6, 6.07) is 8.03. The Morgan fingerprint density at radius 2 is 1.97 bits per heavy atom. The van der Waals surface area contributed by atoms with Gasteiger partial charge in [0.15, 0.2) is 22.8 Å². The minimum absolute atomic E-state index is 0.152. The Morgan fingerprint density at radius 1 is 1.17 bits per heavy atom. The van der Waals surface area contributed by atoms with Gasteiger partial charge in [-0.15, -0.1) is 0 Å². The smallest absolute Gasteiger partial charge is 0.339 e. The van der Waals surface area contributed by atoms with Gasteiger partial charge in [0.2, 0.25) is 0 Å². The maximum absolute atomic E-state index is 12.5. The molecule has 2 aromatic rings. The summed E-state index contributed by atoms with van der Waals surface area (Å²) in [6.07, 6.45) is 2.41. The topological polar surface area (TPSA) is 86.8 Å². The number of ether oxygens (including phenoxy) is 3. The molecule has 7 nitrogen and oxygen atoms in total. The van der Waals surface area contributed by atoms with E-state index in [1.54, 1.807) is 30.3 Å². The molecule has 1 aromatic heterocycles. The average molecular weight is 421 g/mol. The summed E-state index contributed by atoms with van der Waals surface area (Å²) in [5.74, 6) is -0.144. The molecule has 1 N–H and O–H groups in total. The molecule has 0 aliphatic carbocycles. The second kappa shape index (κ2) is 11.3. The number of nitrogens with one attached hydrogen (secondary N) is 1. The molecule has 8 heteroatoms. The molecule has 156 valence electrons. The molecule has 2 rings (SSSR count). The molecule has 0 radical (unpaired) electrons. The number of anilines is 1. The minimum Gasteiger partial charge on any atom is -0.490 e. The first-order valence-electron chi connectivity index (χ1n) is 9.48. The maximum Gasteiger partial charge on any atom is 0.339 e. The molecule has 0 spiro atoms. The molecule has 0 unspecified atom stereocenters. The number of carbonyl (C=O) groups excluding carboxylic acids is 2. The molecule has 0 aliphatic heterocycles. The third-order valence-electron chi connectivity index (χ3n) is 3.90. The van der Waals surface area contributed by atoms with Gasteiger partial charge in [-0.1, -0.05) is 24.9 Å². The van der Waals surface area contributed by atoms with E-state index in [4.69, 9.17) is 25.8 Å². The standard InChI is InChI=1S/C21H25ClN2O5/c1-4-6-12-28-17-10-9-15(13-18(17)27-5-2)21(26)29-14(3)20(25)24-16-8-7-11-23-19(16)22/h7-11,13-14H,4-6,12H2,1-3H3,(H,24,25)/t14-/m1/s1. The molecule has 0 fully saturated rings. The molecule has 1 amide bonds. The molecule has 0 saturated heterocycles. The van der Waals surface area contributed by atoms with Gasteiger partial charge in [-0.3, -0.25) is 4.79 Å². The molecular formula is C21H25ClN2O5. The van der Waals surface area contributed by atoms with Crippen LogP contribution < -0.4 is 14.8 Å². The van der Waals surface area contributed by atoms with Crippen LogP contribution in [0.5, 0.6) is 11.5 Å². The monoisotopic (exact) mass is 420 g/mol. The molecular weight excluding hydrogens is 396 g/mol. The summed E-state index contributed by atoms with van der Waals surface area (Å²) >= 11 is 5.92. The van der Waals surface area contributed by atoms with Gasteiger partial charge >= 0.3 is 5.97 Å². The highest BCUT2D eigenvalue weighted by atomic mass is 35.5. The lowest BCUT2D eigenvalue weighted by Gasteiger charge is -2.15. The van der Waals surface area contributed by atoms with Crippen molar-refractivity contribution in [2.45, 2.75) is 39.7 Å². The van der Waals surface area contributed by atoms with E-state index in [0.29, 0.717) is 30.4 Å². The molecule has 29 heavy (non-hydrogen) atoms. The molecule has 1 aromatic carbocycles. The van der Waals surface area contributed by atoms with Crippen LogP contribution in [0, 0.1) is 0 Å². The number of carbonyl (C=O) groups is 2. The summed E-state index contributed by atoms with van der Waals surface area (Å²) in [5.41, 5.74) is 0.602. The van der Waals surface area contributed by atoms with Crippen molar-refractivity contribution >= 4 is 29.2 Å². The number of nitrogens with zero attached hydrogens (tertiary/aromatic N) is 1. The predicted molar refractivity (Wildman–Crippen MR) is 111 cm³/mol. The van der Waals surface area contributed by atoms with Crippen LogP contribution in [0.25, 0.3) is 0 Å². The Kier molecular flexibility index (Phi) is 8.73. The van der Waals surface area contributed by atoms with Gasteiger partial charge in [0, 0.05) is 6.20 Å². The lowest BCUT2D eigenvalue weighted by Crippen LogP contribution is -2.30. The quantitative estimate of drug-likeness (QED) is 0.346. The van der Waals surface area contributed by atoms with E-state index < -0.39 is 18.0 Å². The van der Waals surface area contributed by atoms with E-state index in [-0.39, 0.29) is 10.7 Å². The fourth-order valence-electron chi connectivity index (χ4n) is 2.34. The van der Waals surface area contributed by atoms with E-state index in [1.165, 1.54) is 13.1 Å². The number of benzene rings is 1. The predicted octanol–water partition coefficient (Wildman–Crippen LogP) is 4.50. The molecule has 1 heterocycles. The van der Waals surface area contributed by atoms with E-state index in [0.717, 1.165) is 12.8 Å². The van der Waals surface area contributed by atoms with Crippen LogP contribution in [0.4, 0.5) is 5.69 Å². The lowest BCUT2D eigenvalue weighted by atomic mass is 10.2. The number of hydrogen-bond donors (Lipinski definition) is 1. The van der Waals surface area contributed by atoms with Crippen LogP contribution in [0.2, 0.25) is 5.15 Å². The summed E-state index contributed by atoms with van der Waals surface area (Å²) in [5, 5.41) is 2.73. The summed E-state index contributed by atoms with van der Waals surface area (Å²) in [4.78, 5) is 28.6.